The monoisotopic (exact) mass is 356 g/mol. The van der Waals surface area contributed by atoms with E-state index in [1.807, 2.05) is 18.2 Å². The molecule has 2 saturated heterocycles. The maximum Gasteiger partial charge on any atom is 0.249 e. The molecule has 1 atom stereocenters. The van der Waals surface area contributed by atoms with Crippen molar-refractivity contribution in [1.29, 1.82) is 0 Å². The van der Waals surface area contributed by atoms with Crippen molar-refractivity contribution in [3.05, 3.63) is 36.0 Å². The molecule has 1 aromatic rings. The summed E-state index contributed by atoms with van der Waals surface area (Å²) in [6, 6.07) is 5.73. The summed E-state index contributed by atoms with van der Waals surface area (Å²) in [6.45, 7) is 3.91. The van der Waals surface area contributed by atoms with Crippen LogP contribution in [0.1, 0.15) is 38.5 Å². The summed E-state index contributed by atoms with van der Waals surface area (Å²) in [4.78, 5) is 19.0. The number of carbonyl (C=O) groups excluding carboxylic acids is 1. The minimum Gasteiger partial charge on any atom is -0.477 e. The van der Waals surface area contributed by atoms with Gasteiger partial charge in [0.05, 0.1) is 13.2 Å². The molecule has 0 saturated carbocycles. The number of aromatic nitrogens is 1. The minimum atomic E-state index is 0.230. The van der Waals surface area contributed by atoms with Gasteiger partial charge in [0.15, 0.2) is 0 Å². The second-order valence-electron chi connectivity index (χ2n) is 7.78. The van der Waals surface area contributed by atoms with Crippen LogP contribution in [0, 0.1) is 11.3 Å². The van der Waals surface area contributed by atoms with Crippen LogP contribution in [-0.4, -0.2) is 48.7 Å². The highest BCUT2D eigenvalue weighted by molar-refractivity contribution is 5.93. The number of nitrogens with zero attached hydrogens (tertiary/aromatic N) is 2. The molecule has 5 heteroatoms. The third-order valence-electron chi connectivity index (χ3n) is 6.36. The van der Waals surface area contributed by atoms with Gasteiger partial charge in [-0.2, -0.15) is 0 Å². The van der Waals surface area contributed by atoms with Gasteiger partial charge in [0.2, 0.25) is 11.8 Å². The van der Waals surface area contributed by atoms with E-state index in [4.69, 9.17) is 9.47 Å². The molecule has 26 heavy (non-hydrogen) atoms. The zero-order chi connectivity index (χ0) is 17.8. The number of amides is 1. The predicted octanol–water partition coefficient (Wildman–Crippen LogP) is 3.22. The summed E-state index contributed by atoms with van der Waals surface area (Å²) in [6.07, 6.45) is 10.2. The van der Waals surface area contributed by atoms with Gasteiger partial charge in [0.25, 0.3) is 0 Å². The molecule has 0 unspecified atom stereocenters. The van der Waals surface area contributed by atoms with E-state index < -0.39 is 0 Å². The SMILES string of the molecule is O=C(C1=CCCC1)N1CCC2(CCOC[C@H]2COc2ccccn2)CC1. The predicted molar refractivity (Wildman–Crippen MR) is 98.8 cm³/mol. The Balaban J connectivity index is 1.37. The first-order valence-electron chi connectivity index (χ1n) is 9.87. The van der Waals surface area contributed by atoms with E-state index in [0.29, 0.717) is 18.4 Å². The Bertz CT molecular complexity index is 650. The van der Waals surface area contributed by atoms with Crippen molar-refractivity contribution < 1.29 is 14.3 Å². The highest BCUT2D eigenvalue weighted by atomic mass is 16.5. The van der Waals surface area contributed by atoms with Crippen molar-refractivity contribution in [2.24, 2.45) is 11.3 Å². The molecular weight excluding hydrogens is 328 g/mol. The van der Waals surface area contributed by atoms with Crippen LogP contribution in [-0.2, 0) is 9.53 Å². The zero-order valence-corrected chi connectivity index (χ0v) is 15.4. The Morgan fingerprint density at radius 2 is 2.19 bits per heavy atom. The van der Waals surface area contributed by atoms with Crippen LogP contribution in [0.5, 0.6) is 5.88 Å². The van der Waals surface area contributed by atoms with Gasteiger partial charge >= 0.3 is 0 Å². The van der Waals surface area contributed by atoms with Gasteiger partial charge in [-0.3, -0.25) is 4.79 Å². The normalized spacial score (nSPS) is 25.2. The Hall–Kier alpha value is -1.88. The molecule has 1 aliphatic carbocycles. The Kier molecular flexibility index (Phi) is 5.25. The van der Waals surface area contributed by atoms with Gasteiger partial charge in [0.1, 0.15) is 0 Å². The molecule has 2 aliphatic heterocycles. The largest absolute Gasteiger partial charge is 0.477 e. The Morgan fingerprint density at radius 3 is 2.92 bits per heavy atom. The lowest BCUT2D eigenvalue weighted by Gasteiger charge is -2.48. The van der Waals surface area contributed by atoms with Crippen LogP contribution in [0.2, 0.25) is 0 Å². The second-order valence-corrected chi connectivity index (χ2v) is 7.78. The average Bonchev–Trinajstić information content (AvgIpc) is 3.23. The number of piperidine rings is 1. The van der Waals surface area contributed by atoms with E-state index in [1.165, 1.54) is 0 Å². The molecule has 0 radical (unpaired) electrons. The number of carbonyl (C=O) groups is 1. The van der Waals surface area contributed by atoms with E-state index in [-0.39, 0.29) is 11.3 Å². The number of hydrogen-bond donors (Lipinski definition) is 0. The van der Waals surface area contributed by atoms with E-state index >= 15 is 0 Å². The van der Waals surface area contributed by atoms with Crippen molar-refractivity contribution in [1.82, 2.24) is 9.88 Å². The molecule has 1 aromatic heterocycles. The molecule has 0 bridgehead atoms. The van der Waals surface area contributed by atoms with Gasteiger partial charge in [0, 0.05) is 43.5 Å². The van der Waals surface area contributed by atoms with E-state index in [1.54, 1.807) is 6.20 Å². The van der Waals surface area contributed by atoms with Crippen LogP contribution in [0.3, 0.4) is 0 Å². The highest BCUT2D eigenvalue weighted by Gasteiger charge is 2.44. The van der Waals surface area contributed by atoms with Gasteiger partial charge in [-0.1, -0.05) is 12.1 Å². The molecule has 1 spiro atoms. The van der Waals surface area contributed by atoms with Crippen LogP contribution < -0.4 is 4.74 Å². The second kappa shape index (κ2) is 7.78. The first kappa shape index (κ1) is 17.5. The van der Waals surface area contributed by atoms with Crippen molar-refractivity contribution in [3.63, 3.8) is 0 Å². The molecule has 4 rings (SSSR count). The summed E-state index contributed by atoms with van der Waals surface area (Å²) in [7, 11) is 0. The number of likely N-dealkylation sites (tertiary alicyclic amines) is 1. The standard InChI is InChI=1S/C21H28N2O3/c24-20(17-5-1-2-6-17)23-12-8-21(9-13-23)10-14-25-15-18(21)16-26-19-7-3-4-11-22-19/h3-5,7,11,18H,1-2,6,8-10,12-16H2/t18-/m0/s1. The van der Waals surface area contributed by atoms with Crippen molar-refractivity contribution >= 4 is 5.91 Å². The fourth-order valence-corrected chi connectivity index (χ4v) is 4.61. The van der Waals surface area contributed by atoms with Crippen LogP contribution >= 0.6 is 0 Å². The minimum absolute atomic E-state index is 0.230. The first-order chi connectivity index (χ1) is 12.8. The number of allylic oxidation sites excluding steroid dienone is 1. The van der Waals surface area contributed by atoms with E-state index in [2.05, 4.69) is 16.0 Å². The fourth-order valence-electron chi connectivity index (χ4n) is 4.61. The third kappa shape index (κ3) is 3.63. The maximum absolute atomic E-state index is 12.7. The molecule has 5 nitrogen and oxygen atoms in total. The molecule has 3 heterocycles. The Labute approximate surface area is 155 Å². The summed E-state index contributed by atoms with van der Waals surface area (Å²) in [5.41, 5.74) is 1.26. The topological polar surface area (TPSA) is 51.7 Å². The smallest absolute Gasteiger partial charge is 0.249 e. The third-order valence-corrected chi connectivity index (χ3v) is 6.36. The van der Waals surface area contributed by atoms with E-state index in [0.717, 1.165) is 70.4 Å². The van der Waals surface area contributed by atoms with Gasteiger partial charge < -0.3 is 14.4 Å². The Morgan fingerprint density at radius 1 is 1.31 bits per heavy atom. The van der Waals surface area contributed by atoms with E-state index in [9.17, 15) is 4.79 Å². The molecular formula is C21H28N2O3. The lowest BCUT2D eigenvalue weighted by molar-refractivity contribution is -0.134. The lowest BCUT2D eigenvalue weighted by atomic mass is 9.66. The molecule has 0 N–H and O–H groups in total. The number of ether oxygens (including phenoxy) is 2. The summed E-state index contributed by atoms with van der Waals surface area (Å²) < 4.78 is 11.7. The maximum atomic E-state index is 12.7. The average molecular weight is 356 g/mol. The lowest BCUT2D eigenvalue weighted by Crippen LogP contribution is -2.51. The molecule has 2 fully saturated rings. The number of rotatable bonds is 4. The van der Waals surface area contributed by atoms with Crippen LogP contribution in [0.4, 0.5) is 0 Å². The summed E-state index contributed by atoms with van der Waals surface area (Å²) in [5.74, 6) is 1.31. The van der Waals surface area contributed by atoms with Gasteiger partial charge in [-0.25, -0.2) is 4.98 Å². The van der Waals surface area contributed by atoms with Gasteiger partial charge in [-0.05, 0) is 50.0 Å². The number of hydrogen-bond acceptors (Lipinski definition) is 4. The van der Waals surface area contributed by atoms with Gasteiger partial charge in [-0.15, -0.1) is 0 Å². The zero-order valence-electron chi connectivity index (χ0n) is 15.4. The van der Waals surface area contributed by atoms with Crippen LogP contribution in [0.25, 0.3) is 0 Å². The quantitative estimate of drug-likeness (QED) is 0.831. The molecule has 140 valence electrons. The molecule has 1 amide bonds. The molecule has 0 aromatic carbocycles. The highest BCUT2D eigenvalue weighted by Crippen LogP contribution is 2.45. The van der Waals surface area contributed by atoms with Crippen molar-refractivity contribution in [2.75, 3.05) is 32.9 Å². The summed E-state index contributed by atoms with van der Waals surface area (Å²) in [5, 5.41) is 0. The number of pyridine rings is 1. The van der Waals surface area contributed by atoms with Crippen molar-refractivity contribution in [2.45, 2.75) is 38.5 Å². The van der Waals surface area contributed by atoms with Crippen molar-refractivity contribution in [3.8, 4) is 5.88 Å². The van der Waals surface area contributed by atoms with Crippen LogP contribution in [0.15, 0.2) is 36.0 Å². The first-order valence-corrected chi connectivity index (χ1v) is 9.87. The fraction of sp³-hybridized carbons (Fsp3) is 0.619. The summed E-state index contributed by atoms with van der Waals surface area (Å²) >= 11 is 0. The molecule has 3 aliphatic rings.